The Hall–Kier alpha value is -0.310. The fraction of sp³-hybridized carbons (Fsp3) is 0.833. The lowest BCUT2D eigenvalue weighted by Crippen LogP contribution is -2.09. The predicted octanol–water partition coefficient (Wildman–Crippen LogP) is -0.568. The minimum absolute atomic E-state index is 0.101. The largest absolute Gasteiger partial charge is 0.726 e. The van der Waals surface area contributed by atoms with Crippen molar-refractivity contribution in [2.45, 2.75) is 6.42 Å². The summed E-state index contributed by atoms with van der Waals surface area (Å²) in [6.07, 6.45) is 4.79. The first-order chi connectivity index (χ1) is 6.16. The van der Waals surface area contributed by atoms with Crippen molar-refractivity contribution in [1.82, 2.24) is 0 Å². The van der Waals surface area contributed by atoms with Gasteiger partial charge in [-0.05, 0) is 10.9 Å². The molecule has 0 saturated carbocycles. The number of hydrogen-bond donors (Lipinski definition) is 1. The van der Waals surface area contributed by atoms with Gasteiger partial charge in [-0.2, -0.15) is 0 Å². The van der Waals surface area contributed by atoms with E-state index in [1.54, 1.807) is 0 Å². The minimum atomic E-state index is -4.92. The maximum atomic E-state index is 10.5. The zero-order valence-electron chi connectivity index (χ0n) is 8.22. The zero-order valence-corrected chi connectivity index (χ0v) is 9.85. The van der Waals surface area contributed by atoms with Crippen molar-refractivity contribution >= 4 is 27.3 Å². The van der Waals surface area contributed by atoms with Crippen LogP contribution in [0.3, 0.4) is 0 Å². The topological polar surface area (TPSA) is 104 Å². The summed E-state index contributed by atoms with van der Waals surface area (Å²) in [6.45, 7) is 0. The average Bonchev–Trinajstić information content (AvgIpc) is 1.96. The van der Waals surface area contributed by atoms with Crippen molar-refractivity contribution in [3.05, 3.63) is 0 Å². The molecule has 0 unspecified atom stereocenters. The molecule has 6 nitrogen and oxygen atoms in total. The predicted molar refractivity (Wildman–Crippen MR) is 53.0 cm³/mol. The summed E-state index contributed by atoms with van der Waals surface area (Å²) in [6, 6.07) is 0. The number of esters is 1. The maximum Gasteiger partial charge on any atom is 0.310 e. The third-order valence-electron chi connectivity index (χ3n) is 0.942. The molecule has 0 aliphatic carbocycles. The molecule has 0 radical (unpaired) electrons. The lowest BCUT2D eigenvalue weighted by atomic mass is 10.5. The van der Waals surface area contributed by atoms with Gasteiger partial charge in [-0.25, -0.2) is 8.42 Å². The molecule has 14 heavy (non-hydrogen) atoms. The molecular formula is C6H14O6S2. The first kappa shape index (κ1) is 16.1. The summed E-state index contributed by atoms with van der Waals surface area (Å²) in [5, 5.41) is 0. The van der Waals surface area contributed by atoms with Gasteiger partial charge in [0.05, 0.1) is 26.0 Å². The van der Waals surface area contributed by atoms with Crippen LogP contribution in [0.15, 0.2) is 0 Å². The molecule has 0 bridgehead atoms. The maximum absolute atomic E-state index is 10.5. The second-order valence-corrected chi connectivity index (χ2v) is 5.68. The van der Waals surface area contributed by atoms with Gasteiger partial charge < -0.3 is 9.29 Å². The highest BCUT2D eigenvalue weighted by molar-refractivity contribution is 7.95. The summed E-state index contributed by atoms with van der Waals surface area (Å²) in [5.74, 6) is 0.850. The molecule has 0 aromatic carbocycles. The standard InChI is InChI=1S/C6H13O2S.H2O4S/c1-8-6(7)4-5-9(2)3;1-5(2,3)4/h4-5H2,1-3H3;(H2,1,2,3,4)/q+1;/p-1. The molecule has 0 aromatic rings. The van der Waals surface area contributed by atoms with Crippen molar-refractivity contribution in [3.63, 3.8) is 0 Å². The Morgan fingerprint density at radius 3 is 2.07 bits per heavy atom. The number of hydrogen-bond acceptors (Lipinski definition) is 5. The van der Waals surface area contributed by atoms with Crippen molar-refractivity contribution < 1.29 is 27.1 Å². The fourth-order valence-corrected chi connectivity index (χ4v) is 0.964. The number of carbonyl (C=O) groups is 1. The molecule has 0 rings (SSSR count). The molecule has 0 atom stereocenters. The Labute approximate surface area is 86.6 Å². The van der Waals surface area contributed by atoms with Gasteiger partial charge in [0, 0.05) is 0 Å². The minimum Gasteiger partial charge on any atom is -0.726 e. The third-order valence-corrected chi connectivity index (χ3v) is 1.96. The highest BCUT2D eigenvalue weighted by atomic mass is 32.3. The first-order valence-electron chi connectivity index (χ1n) is 3.46. The molecule has 0 saturated heterocycles. The van der Waals surface area contributed by atoms with Crippen molar-refractivity contribution in [1.29, 1.82) is 0 Å². The molecule has 86 valence electrons. The fourth-order valence-electron chi connectivity index (χ4n) is 0.390. The normalized spacial score (nSPS) is 10.4. The van der Waals surface area contributed by atoms with E-state index in [-0.39, 0.29) is 5.97 Å². The van der Waals surface area contributed by atoms with Crippen LogP contribution >= 0.6 is 0 Å². The van der Waals surface area contributed by atoms with Gasteiger partial charge in [-0.15, -0.1) is 0 Å². The van der Waals surface area contributed by atoms with Crippen LogP contribution in [0.1, 0.15) is 6.42 Å². The van der Waals surface area contributed by atoms with Gasteiger partial charge in [0.25, 0.3) is 0 Å². The molecule has 8 heteroatoms. The summed E-state index contributed by atoms with van der Waals surface area (Å²) in [5.41, 5.74) is 0. The van der Waals surface area contributed by atoms with Crippen LogP contribution in [0.25, 0.3) is 0 Å². The van der Waals surface area contributed by atoms with Gasteiger partial charge in [0.15, 0.2) is 0 Å². The Balaban J connectivity index is 0. The number of carbonyl (C=O) groups excluding carboxylic acids is 1. The summed E-state index contributed by atoms with van der Waals surface area (Å²) in [7, 11) is -3.13. The highest BCUT2D eigenvalue weighted by Crippen LogP contribution is 1.90. The first-order valence-corrected chi connectivity index (χ1v) is 7.03. The van der Waals surface area contributed by atoms with Crippen molar-refractivity contribution in [2.24, 2.45) is 0 Å². The molecule has 0 aliphatic heterocycles. The summed E-state index contributed by atoms with van der Waals surface area (Å²) in [4.78, 5) is 10.5. The van der Waals surface area contributed by atoms with E-state index in [0.29, 0.717) is 17.3 Å². The van der Waals surface area contributed by atoms with E-state index < -0.39 is 10.4 Å². The monoisotopic (exact) mass is 246 g/mol. The second kappa shape index (κ2) is 8.04. The SMILES string of the molecule is COC(=O)CC[S+](C)C.O=S(=O)([O-])O. The van der Waals surface area contributed by atoms with E-state index in [1.165, 1.54) is 7.11 Å². The molecule has 1 N–H and O–H groups in total. The van der Waals surface area contributed by atoms with Gasteiger partial charge in [-0.1, -0.05) is 0 Å². The number of ether oxygens (including phenoxy) is 1. The van der Waals surface area contributed by atoms with Gasteiger partial charge >= 0.3 is 5.97 Å². The average molecular weight is 246 g/mol. The van der Waals surface area contributed by atoms with E-state index >= 15 is 0 Å². The van der Waals surface area contributed by atoms with Crippen LogP contribution in [-0.4, -0.2) is 48.9 Å². The van der Waals surface area contributed by atoms with Gasteiger partial charge in [0.1, 0.15) is 5.75 Å². The second-order valence-electron chi connectivity index (χ2n) is 2.44. The molecule has 0 heterocycles. The van der Waals surface area contributed by atoms with E-state index in [0.717, 1.165) is 5.75 Å². The molecule has 0 aliphatic rings. The van der Waals surface area contributed by atoms with Crippen LogP contribution in [0.2, 0.25) is 0 Å². The smallest absolute Gasteiger partial charge is 0.310 e. The van der Waals surface area contributed by atoms with E-state index in [9.17, 15) is 4.79 Å². The van der Waals surface area contributed by atoms with Crippen molar-refractivity contribution in [3.8, 4) is 0 Å². The van der Waals surface area contributed by atoms with E-state index in [2.05, 4.69) is 17.2 Å². The number of rotatable bonds is 3. The van der Waals surface area contributed by atoms with Gasteiger partial charge in [0.2, 0.25) is 10.4 Å². The van der Waals surface area contributed by atoms with Crippen LogP contribution in [0, 0.1) is 0 Å². The van der Waals surface area contributed by atoms with E-state index in [4.69, 9.17) is 17.5 Å². The molecule has 0 fully saturated rings. The van der Waals surface area contributed by atoms with Crippen LogP contribution in [-0.2, 0) is 30.8 Å². The summed E-state index contributed by atoms with van der Waals surface area (Å²) < 4.78 is 37.3. The van der Waals surface area contributed by atoms with Crippen LogP contribution in [0.4, 0.5) is 0 Å². The molecular weight excluding hydrogens is 232 g/mol. The molecule has 0 aromatic heterocycles. The Morgan fingerprint density at radius 2 is 1.86 bits per heavy atom. The lowest BCUT2D eigenvalue weighted by molar-refractivity contribution is -0.140. The van der Waals surface area contributed by atoms with Crippen molar-refractivity contribution in [2.75, 3.05) is 25.4 Å². The van der Waals surface area contributed by atoms with Gasteiger partial charge in [-0.3, -0.25) is 9.35 Å². The van der Waals surface area contributed by atoms with E-state index in [1.807, 2.05) is 0 Å². The Bertz CT molecular complexity index is 237. The Morgan fingerprint density at radius 1 is 1.50 bits per heavy atom. The highest BCUT2D eigenvalue weighted by Gasteiger charge is 2.06. The number of methoxy groups -OCH3 is 1. The van der Waals surface area contributed by atoms with Crippen LogP contribution in [0.5, 0.6) is 0 Å². The Kier molecular flexibility index (Phi) is 9.26. The quantitative estimate of drug-likeness (QED) is 0.309. The summed E-state index contributed by atoms with van der Waals surface area (Å²) >= 11 is 0. The third kappa shape index (κ3) is 29.8. The molecule has 0 amide bonds. The molecule has 0 spiro atoms. The lowest BCUT2D eigenvalue weighted by Gasteiger charge is -1.95. The van der Waals surface area contributed by atoms with Crippen LogP contribution < -0.4 is 0 Å². The zero-order chi connectivity index (χ0) is 11.8.